The molecular formula is C19H18O4. The first-order chi connectivity index (χ1) is 11.3. The Hall–Kier alpha value is -2.33. The lowest BCUT2D eigenvalue weighted by molar-refractivity contribution is -0.137. The second kappa shape index (κ2) is 5.70. The van der Waals surface area contributed by atoms with Crippen molar-refractivity contribution in [3.05, 3.63) is 53.8 Å². The summed E-state index contributed by atoms with van der Waals surface area (Å²) in [6.07, 6.45) is 4.41. The monoisotopic (exact) mass is 310 g/mol. The predicted octanol–water partition coefficient (Wildman–Crippen LogP) is 3.82. The quantitative estimate of drug-likeness (QED) is 0.809. The molecule has 23 heavy (non-hydrogen) atoms. The molecule has 1 fully saturated rings. The Labute approximate surface area is 134 Å². The number of benzene rings is 1. The normalized spacial score (nSPS) is 23.2. The lowest BCUT2D eigenvalue weighted by Crippen LogP contribution is -2.26. The Kier molecular flexibility index (Phi) is 3.54. The van der Waals surface area contributed by atoms with Gasteiger partial charge in [-0.05, 0) is 42.5 Å². The van der Waals surface area contributed by atoms with Crippen molar-refractivity contribution >= 4 is 11.5 Å². The van der Waals surface area contributed by atoms with E-state index in [4.69, 9.17) is 13.9 Å². The number of hydrogen-bond acceptors (Lipinski definition) is 4. The van der Waals surface area contributed by atoms with Gasteiger partial charge in [0, 0.05) is 5.56 Å². The minimum absolute atomic E-state index is 0.124. The molecular weight excluding hydrogens is 292 g/mol. The highest BCUT2D eigenvalue weighted by Crippen LogP contribution is 2.41. The molecule has 2 aromatic rings. The Bertz CT molecular complexity index is 740. The lowest BCUT2D eigenvalue weighted by atomic mass is 9.91. The smallest absolute Gasteiger partial charge is 0.336 e. The van der Waals surface area contributed by atoms with E-state index in [2.05, 4.69) is 0 Å². The third-order valence-electron chi connectivity index (χ3n) is 4.63. The molecule has 0 N–H and O–H groups in total. The number of methoxy groups -OCH3 is 1. The van der Waals surface area contributed by atoms with Crippen molar-refractivity contribution < 1.29 is 18.7 Å². The highest BCUT2D eigenvalue weighted by atomic mass is 16.5. The van der Waals surface area contributed by atoms with E-state index in [9.17, 15) is 4.79 Å². The zero-order valence-corrected chi connectivity index (χ0v) is 13.0. The molecule has 4 nitrogen and oxygen atoms in total. The van der Waals surface area contributed by atoms with Crippen LogP contribution in [0, 0.1) is 0 Å². The fourth-order valence-corrected chi connectivity index (χ4v) is 3.52. The van der Waals surface area contributed by atoms with E-state index < -0.39 is 0 Å². The molecule has 0 aliphatic carbocycles. The van der Waals surface area contributed by atoms with Crippen LogP contribution in [0.2, 0.25) is 0 Å². The molecule has 4 heteroatoms. The van der Waals surface area contributed by atoms with E-state index in [0.717, 1.165) is 41.7 Å². The van der Waals surface area contributed by atoms with Crippen LogP contribution in [0.5, 0.6) is 0 Å². The number of ether oxygens (including phenoxy) is 2. The topological polar surface area (TPSA) is 48.7 Å². The molecule has 1 saturated heterocycles. The molecule has 0 unspecified atom stereocenters. The van der Waals surface area contributed by atoms with Crippen LogP contribution >= 0.6 is 0 Å². The fraction of sp³-hybridized carbons (Fsp3) is 0.316. The van der Waals surface area contributed by atoms with Gasteiger partial charge < -0.3 is 13.9 Å². The van der Waals surface area contributed by atoms with Crippen LogP contribution in [0.15, 0.2) is 52.7 Å². The molecule has 0 radical (unpaired) electrons. The molecule has 2 bridgehead atoms. The van der Waals surface area contributed by atoms with Crippen molar-refractivity contribution in [2.24, 2.45) is 0 Å². The number of carbonyl (C=O) groups is 1. The maximum atomic E-state index is 12.2. The van der Waals surface area contributed by atoms with Gasteiger partial charge in [0.25, 0.3) is 0 Å². The summed E-state index contributed by atoms with van der Waals surface area (Å²) < 4.78 is 16.3. The highest BCUT2D eigenvalue weighted by molar-refractivity contribution is 5.99. The van der Waals surface area contributed by atoms with E-state index in [1.54, 1.807) is 6.26 Å². The van der Waals surface area contributed by atoms with Gasteiger partial charge in [0.1, 0.15) is 5.76 Å². The van der Waals surface area contributed by atoms with Crippen LogP contribution < -0.4 is 0 Å². The average molecular weight is 310 g/mol. The Balaban J connectivity index is 1.73. The second-order valence-electron chi connectivity index (χ2n) is 5.97. The van der Waals surface area contributed by atoms with E-state index in [1.807, 2.05) is 36.4 Å². The summed E-state index contributed by atoms with van der Waals surface area (Å²) in [6, 6.07) is 11.9. The number of carbonyl (C=O) groups excluding carboxylic acids is 1. The second-order valence-corrected chi connectivity index (χ2v) is 5.97. The van der Waals surface area contributed by atoms with Crippen molar-refractivity contribution in [1.82, 2.24) is 0 Å². The minimum Gasteiger partial charge on any atom is -0.466 e. The number of hydrogen-bond donors (Lipinski definition) is 0. The Morgan fingerprint density at radius 3 is 2.61 bits per heavy atom. The Morgan fingerprint density at radius 2 is 1.91 bits per heavy atom. The van der Waals surface area contributed by atoms with Crippen LogP contribution in [-0.4, -0.2) is 25.3 Å². The van der Waals surface area contributed by atoms with Gasteiger partial charge in [-0.3, -0.25) is 0 Å². The summed E-state index contributed by atoms with van der Waals surface area (Å²) in [5, 5.41) is 0. The third-order valence-corrected chi connectivity index (χ3v) is 4.63. The van der Waals surface area contributed by atoms with Crippen molar-refractivity contribution in [2.75, 3.05) is 7.11 Å². The molecule has 3 heterocycles. The predicted molar refractivity (Wildman–Crippen MR) is 85.6 cm³/mol. The van der Waals surface area contributed by atoms with Gasteiger partial charge >= 0.3 is 5.97 Å². The van der Waals surface area contributed by atoms with Crippen molar-refractivity contribution in [3.63, 3.8) is 0 Å². The standard InChI is InChI=1S/C19H18O4/c1-21-19(20)18-15(11-14-8-9-17(18)23-14)12-4-6-13(7-5-12)16-3-2-10-22-16/h2-7,10,14,17H,8-9,11H2,1H3/t14-,17+/m0/s1. The van der Waals surface area contributed by atoms with Gasteiger partial charge in [-0.15, -0.1) is 0 Å². The zero-order chi connectivity index (χ0) is 15.8. The first-order valence-electron chi connectivity index (χ1n) is 7.87. The summed E-state index contributed by atoms with van der Waals surface area (Å²) in [4.78, 5) is 12.2. The number of fused-ring (bicyclic) bond motifs is 2. The largest absolute Gasteiger partial charge is 0.466 e. The summed E-state index contributed by atoms with van der Waals surface area (Å²) in [5.74, 6) is 0.561. The summed E-state index contributed by atoms with van der Waals surface area (Å²) in [5.41, 5.74) is 3.82. The molecule has 4 rings (SSSR count). The van der Waals surface area contributed by atoms with Crippen LogP contribution in [-0.2, 0) is 14.3 Å². The van der Waals surface area contributed by atoms with Gasteiger partial charge in [0.05, 0.1) is 31.2 Å². The molecule has 1 aromatic carbocycles. The average Bonchev–Trinajstić information content (AvgIpc) is 3.25. The van der Waals surface area contributed by atoms with E-state index in [-0.39, 0.29) is 18.2 Å². The summed E-state index contributed by atoms with van der Waals surface area (Å²) in [7, 11) is 1.42. The molecule has 2 aliphatic heterocycles. The maximum Gasteiger partial charge on any atom is 0.336 e. The third kappa shape index (κ3) is 2.49. The van der Waals surface area contributed by atoms with E-state index in [1.165, 1.54) is 7.11 Å². The Morgan fingerprint density at radius 1 is 1.13 bits per heavy atom. The van der Waals surface area contributed by atoms with Crippen molar-refractivity contribution in [2.45, 2.75) is 31.5 Å². The lowest BCUT2D eigenvalue weighted by Gasteiger charge is -2.26. The molecule has 2 atom stereocenters. The number of furan rings is 1. The number of esters is 1. The SMILES string of the molecule is COC(=O)C1=C(c2ccc(-c3ccco3)cc2)C[C@@H]2CC[C@H]1O2. The first-order valence-corrected chi connectivity index (χ1v) is 7.87. The maximum absolute atomic E-state index is 12.2. The van der Waals surface area contributed by atoms with E-state index in [0.29, 0.717) is 5.57 Å². The summed E-state index contributed by atoms with van der Waals surface area (Å²) >= 11 is 0. The summed E-state index contributed by atoms with van der Waals surface area (Å²) in [6.45, 7) is 0. The molecule has 0 spiro atoms. The number of rotatable bonds is 3. The minimum atomic E-state index is -0.277. The van der Waals surface area contributed by atoms with E-state index >= 15 is 0 Å². The first kappa shape index (κ1) is 14.3. The molecule has 1 aromatic heterocycles. The fourth-order valence-electron chi connectivity index (χ4n) is 3.52. The van der Waals surface area contributed by atoms with Crippen LogP contribution in [0.1, 0.15) is 24.8 Å². The van der Waals surface area contributed by atoms with Crippen molar-refractivity contribution in [3.8, 4) is 11.3 Å². The van der Waals surface area contributed by atoms with Crippen LogP contribution in [0.25, 0.3) is 16.9 Å². The van der Waals surface area contributed by atoms with Crippen molar-refractivity contribution in [1.29, 1.82) is 0 Å². The van der Waals surface area contributed by atoms with Gasteiger partial charge in [-0.2, -0.15) is 0 Å². The molecule has 0 saturated carbocycles. The molecule has 118 valence electrons. The van der Waals surface area contributed by atoms with Crippen LogP contribution in [0.3, 0.4) is 0 Å². The van der Waals surface area contributed by atoms with Gasteiger partial charge in [0.2, 0.25) is 0 Å². The highest BCUT2D eigenvalue weighted by Gasteiger charge is 2.39. The van der Waals surface area contributed by atoms with Gasteiger partial charge in [0.15, 0.2) is 0 Å². The zero-order valence-electron chi connectivity index (χ0n) is 13.0. The molecule has 0 amide bonds. The van der Waals surface area contributed by atoms with Crippen LogP contribution in [0.4, 0.5) is 0 Å². The molecule has 2 aliphatic rings. The van der Waals surface area contributed by atoms with Gasteiger partial charge in [-0.1, -0.05) is 24.3 Å². The van der Waals surface area contributed by atoms with Gasteiger partial charge in [-0.25, -0.2) is 4.79 Å².